The van der Waals surface area contributed by atoms with Crippen molar-refractivity contribution in [3.8, 4) is 0 Å². The molecule has 0 spiro atoms. The maximum Gasteiger partial charge on any atom is 0.407 e. The number of fused-ring (bicyclic) bond motifs is 1. The number of hydrogen-bond donors (Lipinski definition) is 1. The predicted octanol–water partition coefficient (Wildman–Crippen LogP) is 2.54. The van der Waals surface area contributed by atoms with Gasteiger partial charge < -0.3 is 19.4 Å². The van der Waals surface area contributed by atoms with Gasteiger partial charge in [-0.1, -0.05) is 11.6 Å². The van der Waals surface area contributed by atoms with Crippen molar-refractivity contribution in [2.45, 2.75) is 18.8 Å². The Kier molecular flexibility index (Phi) is 4.89. The van der Waals surface area contributed by atoms with E-state index in [0.717, 1.165) is 23.9 Å². The van der Waals surface area contributed by atoms with Crippen LogP contribution in [-0.2, 0) is 9.53 Å². The molecule has 0 saturated carbocycles. The van der Waals surface area contributed by atoms with Gasteiger partial charge in [0.15, 0.2) is 11.5 Å². The van der Waals surface area contributed by atoms with Gasteiger partial charge in [-0.2, -0.15) is 0 Å². The monoisotopic (exact) mass is 351 g/mol. The van der Waals surface area contributed by atoms with Gasteiger partial charge in [0, 0.05) is 24.0 Å². The summed E-state index contributed by atoms with van der Waals surface area (Å²) in [6.45, 7) is 1.15. The molecular weight excluding hydrogens is 334 g/mol. The third kappa shape index (κ3) is 3.62. The summed E-state index contributed by atoms with van der Waals surface area (Å²) in [6.07, 6.45) is 0.929. The van der Waals surface area contributed by atoms with Gasteiger partial charge in [-0.05, 0) is 31.0 Å². The molecule has 0 unspecified atom stereocenters. The highest BCUT2D eigenvalue weighted by Gasteiger charge is 2.27. The van der Waals surface area contributed by atoms with Gasteiger partial charge in [0.25, 0.3) is 0 Å². The Bertz CT molecular complexity index is 753. The molecule has 1 aromatic carbocycles. The number of benzene rings is 1. The summed E-state index contributed by atoms with van der Waals surface area (Å²) in [5.74, 6) is 0.740. The van der Waals surface area contributed by atoms with Crippen LogP contribution in [0.15, 0.2) is 22.6 Å². The lowest BCUT2D eigenvalue weighted by molar-refractivity contribution is -0.131. The first-order chi connectivity index (χ1) is 11.6. The first-order valence-corrected chi connectivity index (χ1v) is 8.10. The number of carbonyl (C=O) groups excluding carboxylic acids is 2. The maximum absolute atomic E-state index is 12.0. The molecule has 0 aliphatic carbocycles. The number of oxazole rings is 1. The van der Waals surface area contributed by atoms with Crippen LogP contribution in [0.5, 0.6) is 0 Å². The largest absolute Gasteiger partial charge is 0.453 e. The minimum atomic E-state index is -0.608. The highest BCUT2D eigenvalue weighted by atomic mass is 35.5. The fraction of sp³-hybridized carbons (Fsp3) is 0.438. The molecule has 2 aromatic rings. The second kappa shape index (κ2) is 7.09. The van der Waals surface area contributed by atoms with Crippen LogP contribution in [0.2, 0.25) is 5.02 Å². The lowest BCUT2D eigenvalue weighted by atomic mass is 9.97. The van der Waals surface area contributed by atoms with Crippen LogP contribution in [-0.4, -0.2) is 48.6 Å². The van der Waals surface area contributed by atoms with Crippen LogP contribution in [0.3, 0.4) is 0 Å². The Labute approximate surface area is 143 Å². The first kappa shape index (κ1) is 16.6. The Morgan fingerprint density at radius 1 is 1.42 bits per heavy atom. The zero-order valence-corrected chi connectivity index (χ0v) is 14.0. The van der Waals surface area contributed by atoms with Crippen molar-refractivity contribution in [2.75, 3.05) is 26.7 Å². The molecule has 3 rings (SSSR count). The van der Waals surface area contributed by atoms with Gasteiger partial charge >= 0.3 is 6.09 Å². The van der Waals surface area contributed by atoms with Crippen LogP contribution < -0.4 is 5.32 Å². The Balaban J connectivity index is 1.57. The summed E-state index contributed by atoms with van der Waals surface area (Å²) >= 11 is 5.97. The zero-order chi connectivity index (χ0) is 17.1. The number of amides is 2. The van der Waals surface area contributed by atoms with Crippen molar-refractivity contribution < 1.29 is 18.7 Å². The smallest absolute Gasteiger partial charge is 0.407 e. The van der Waals surface area contributed by atoms with Crippen molar-refractivity contribution in [3.05, 3.63) is 29.1 Å². The molecule has 2 amide bonds. The number of hydrogen-bond acceptors (Lipinski definition) is 5. The predicted molar refractivity (Wildman–Crippen MR) is 88.0 cm³/mol. The quantitative estimate of drug-likeness (QED) is 0.918. The minimum Gasteiger partial charge on any atom is -0.453 e. The topological polar surface area (TPSA) is 84.7 Å². The average Bonchev–Trinajstić information content (AvgIpc) is 3.02. The summed E-state index contributed by atoms with van der Waals surface area (Å²) in [5, 5.41) is 3.03. The fourth-order valence-corrected chi connectivity index (χ4v) is 2.97. The van der Waals surface area contributed by atoms with E-state index in [-0.39, 0.29) is 18.4 Å². The SMILES string of the molecule is COC(=O)NCC(=O)N1CCC(c2nc3cc(Cl)ccc3o2)CC1. The molecule has 7 nitrogen and oxygen atoms in total. The van der Waals surface area contributed by atoms with Gasteiger partial charge in [-0.3, -0.25) is 4.79 Å². The van der Waals surface area contributed by atoms with Crippen molar-refractivity contribution in [2.24, 2.45) is 0 Å². The molecule has 1 aromatic heterocycles. The molecule has 2 heterocycles. The van der Waals surface area contributed by atoms with Crippen LogP contribution in [0.25, 0.3) is 11.1 Å². The average molecular weight is 352 g/mol. The zero-order valence-electron chi connectivity index (χ0n) is 13.3. The number of ether oxygens (including phenoxy) is 1. The van der Waals surface area contributed by atoms with E-state index < -0.39 is 6.09 Å². The molecular formula is C16H18ClN3O4. The summed E-state index contributed by atoms with van der Waals surface area (Å²) in [5.41, 5.74) is 1.47. The van der Waals surface area contributed by atoms with Crippen LogP contribution >= 0.6 is 11.6 Å². The number of piperidine rings is 1. The fourth-order valence-electron chi connectivity index (χ4n) is 2.80. The van der Waals surface area contributed by atoms with Crippen molar-refractivity contribution in [3.63, 3.8) is 0 Å². The summed E-state index contributed by atoms with van der Waals surface area (Å²) in [4.78, 5) is 29.3. The molecule has 0 bridgehead atoms. The Hall–Kier alpha value is -2.28. The van der Waals surface area contributed by atoms with Crippen LogP contribution in [0.4, 0.5) is 4.79 Å². The second-order valence-corrected chi connectivity index (χ2v) is 6.10. The van der Waals surface area contributed by atoms with Gasteiger partial charge in [-0.15, -0.1) is 0 Å². The van der Waals surface area contributed by atoms with Gasteiger partial charge in [0.05, 0.1) is 7.11 Å². The normalized spacial score (nSPS) is 15.5. The number of nitrogens with zero attached hydrogens (tertiary/aromatic N) is 2. The number of likely N-dealkylation sites (tertiary alicyclic amines) is 1. The lowest BCUT2D eigenvalue weighted by Crippen LogP contribution is -2.43. The van der Waals surface area contributed by atoms with Crippen LogP contribution in [0, 0.1) is 0 Å². The lowest BCUT2D eigenvalue weighted by Gasteiger charge is -2.30. The van der Waals surface area contributed by atoms with Gasteiger partial charge in [-0.25, -0.2) is 9.78 Å². The first-order valence-electron chi connectivity index (χ1n) is 7.72. The molecule has 1 fully saturated rings. The minimum absolute atomic E-state index is 0.0568. The van der Waals surface area contributed by atoms with E-state index in [9.17, 15) is 9.59 Å². The maximum atomic E-state index is 12.0. The highest BCUT2D eigenvalue weighted by molar-refractivity contribution is 6.31. The molecule has 8 heteroatoms. The third-order valence-electron chi connectivity index (χ3n) is 4.13. The van der Waals surface area contributed by atoms with E-state index >= 15 is 0 Å². The number of aromatic nitrogens is 1. The van der Waals surface area contributed by atoms with Crippen molar-refractivity contribution in [1.82, 2.24) is 15.2 Å². The number of halogens is 1. The van der Waals surface area contributed by atoms with E-state index in [4.69, 9.17) is 16.0 Å². The van der Waals surface area contributed by atoms with Crippen LogP contribution in [0.1, 0.15) is 24.7 Å². The number of rotatable bonds is 3. The number of nitrogens with one attached hydrogen (secondary N) is 1. The van der Waals surface area contributed by atoms with Crippen molar-refractivity contribution >= 4 is 34.7 Å². The third-order valence-corrected chi connectivity index (χ3v) is 4.37. The van der Waals surface area contributed by atoms with E-state index in [2.05, 4.69) is 15.0 Å². The molecule has 1 saturated heterocycles. The summed E-state index contributed by atoms with van der Waals surface area (Å²) < 4.78 is 10.3. The van der Waals surface area contributed by atoms with E-state index in [1.807, 2.05) is 6.07 Å². The number of carbonyl (C=O) groups is 2. The Morgan fingerprint density at radius 3 is 2.88 bits per heavy atom. The molecule has 24 heavy (non-hydrogen) atoms. The molecule has 0 atom stereocenters. The summed E-state index contributed by atoms with van der Waals surface area (Å²) in [6, 6.07) is 5.36. The van der Waals surface area contributed by atoms with E-state index in [1.54, 1.807) is 17.0 Å². The van der Waals surface area contributed by atoms with Crippen molar-refractivity contribution in [1.29, 1.82) is 0 Å². The highest BCUT2D eigenvalue weighted by Crippen LogP contribution is 2.30. The van der Waals surface area contributed by atoms with E-state index in [1.165, 1.54) is 7.11 Å². The number of methoxy groups -OCH3 is 1. The van der Waals surface area contributed by atoms with Gasteiger partial charge in [0.2, 0.25) is 5.91 Å². The summed E-state index contributed by atoms with van der Waals surface area (Å²) in [7, 11) is 1.26. The van der Waals surface area contributed by atoms with E-state index in [0.29, 0.717) is 24.0 Å². The Morgan fingerprint density at radius 2 is 2.17 bits per heavy atom. The molecule has 1 N–H and O–H groups in total. The number of alkyl carbamates (subject to hydrolysis) is 1. The van der Waals surface area contributed by atoms with Gasteiger partial charge in [0.1, 0.15) is 12.1 Å². The molecule has 1 aliphatic rings. The standard InChI is InChI=1S/C16H18ClN3O4/c1-23-16(22)18-9-14(21)20-6-4-10(5-7-20)15-19-12-8-11(17)2-3-13(12)24-15/h2-3,8,10H,4-7,9H2,1H3,(H,18,22). The molecule has 128 valence electrons. The molecule has 1 aliphatic heterocycles. The molecule has 0 radical (unpaired) electrons. The second-order valence-electron chi connectivity index (χ2n) is 5.66.